The molecule has 0 bridgehead atoms. The summed E-state index contributed by atoms with van der Waals surface area (Å²) in [5, 5.41) is 9.78. The molecule has 0 spiro atoms. The summed E-state index contributed by atoms with van der Waals surface area (Å²) in [7, 11) is -3.60. The van der Waals surface area contributed by atoms with E-state index >= 15 is 0 Å². The van der Waals surface area contributed by atoms with Crippen LogP contribution in [0.3, 0.4) is 0 Å². The maximum atomic E-state index is 13.4. The smallest absolute Gasteiger partial charge is 0.240 e. The lowest BCUT2D eigenvalue weighted by atomic mass is 10.3. The highest BCUT2D eigenvalue weighted by molar-refractivity contribution is 9.10. The molecule has 0 aliphatic rings. The predicted octanol–water partition coefficient (Wildman–Crippen LogP) is 4.02. The molecule has 2 aromatic rings. The summed E-state index contributed by atoms with van der Waals surface area (Å²) in [6.07, 6.45) is 0. The van der Waals surface area contributed by atoms with Crippen molar-refractivity contribution in [3.8, 4) is 5.75 Å². The molecule has 2 N–H and O–H groups in total. The van der Waals surface area contributed by atoms with Crippen LogP contribution in [0.4, 0.5) is 4.39 Å². The maximum absolute atomic E-state index is 13.4. The van der Waals surface area contributed by atoms with Crippen LogP contribution in [0.1, 0.15) is 0 Å². The van der Waals surface area contributed by atoms with E-state index in [1.54, 1.807) is 6.07 Å². The van der Waals surface area contributed by atoms with Gasteiger partial charge in [0, 0.05) is 22.2 Å². The van der Waals surface area contributed by atoms with Gasteiger partial charge >= 0.3 is 0 Å². The molecule has 0 saturated heterocycles. The van der Waals surface area contributed by atoms with Crippen LogP contribution < -0.4 is 4.72 Å². The molecule has 4 nitrogen and oxygen atoms in total. The molecule has 2 rings (SSSR count). The summed E-state index contributed by atoms with van der Waals surface area (Å²) < 4.78 is 40.2. The molecule has 0 aliphatic carbocycles. The standard InChI is InChI=1S/C14H12BrClFNO3S2/c15-12-7-10(8-13(17)14(12)19)22-6-5-18-23(20,21)11-3-1-9(16)2-4-11/h1-4,7-8,18-19H,5-6H2. The first-order valence-corrected chi connectivity index (χ1v) is 9.99. The van der Waals surface area contributed by atoms with Crippen molar-refractivity contribution < 1.29 is 17.9 Å². The fraction of sp³-hybridized carbons (Fsp3) is 0.143. The van der Waals surface area contributed by atoms with Crippen LogP contribution in [-0.2, 0) is 10.0 Å². The van der Waals surface area contributed by atoms with Crippen LogP contribution in [0.25, 0.3) is 0 Å². The summed E-state index contributed by atoms with van der Waals surface area (Å²) in [6, 6.07) is 8.60. The van der Waals surface area contributed by atoms with Crippen LogP contribution in [-0.4, -0.2) is 25.8 Å². The minimum atomic E-state index is -3.60. The molecular formula is C14H12BrClFNO3S2. The van der Waals surface area contributed by atoms with Gasteiger partial charge in [0.1, 0.15) is 0 Å². The zero-order chi connectivity index (χ0) is 17.0. The number of sulfonamides is 1. The Morgan fingerprint density at radius 3 is 2.52 bits per heavy atom. The Morgan fingerprint density at radius 1 is 1.26 bits per heavy atom. The van der Waals surface area contributed by atoms with Crippen molar-refractivity contribution in [2.24, 2.45) is 0 Å². The van der Waals surface area contributed by atoms with Gasteiger partial charge in [0.05, 0.1) is 9.37 Å². The van der Waals surface area contributed by atoms with Gasteiger partial charge in [-0.05, 0) is 52.3 Å². The number of hydrogen-bond donors (Lipinski definition) is 2. The van der Waals surface area contributed by atoms with Gasteiger partial charge in [-0.3, -0.25) is 0 Å². The average Bonchev–Trinajstić information content (AvgIpc) is 2.49. The van der Waals surface area contributed by atoms with Crippen molar-refractivity contribution in [3.63, 3.8) is 0 Å². The molecule has 0 fully saturated rings. The molecule has 0 aliphatic heterocycles. The Hall–Kier alpha value is -0.800. The number of nitrogens with one attached hydrogen (secondary N) is 1. The lowest BCUT2D eigenvalue weighted by Crippen LogP contribution is -2.25. The number of halogens is 3. The molecule has 0 saturated carbocycles. The van der Waals surface area contributed by atoms with Gasteiger partial charge in [-0.2, -0.15) is 0 Å². The van der Waals surface area contributed by atoms with Gasteiger partial charge in [0.15, 0.2) is 11.6 Å². The second-order valence-corrected chi connectivity index (χ2v) is 8.66. The summed E-state index contributed by atoms with van der Waals surface area (Å²) in [5.74, 6) is -0.773. The Morgan fingerprint density at radius 2 is 1.91 bits per heavy atom. The van der Waals surface area contributed by atoms with E-state index in [0.717, 1.165) is 0 Å². The minimum Gasteiger partial charge on any atom is -0.504 e. The van der Waals surface area contributed by atoms with Crippen LogP contribution in [0.15, 0.2) is 50.7 Å². The predicted molar refractivity (Wildman–Crippen MR) is 93.1 cm³/mol. The average molecular weight is 441 g/mol. The first-order valence-electron chi connectivity index (χ1n) is 6.35. The number of phenolic OH excluding ortho intramolecular Hbond substituents is 1. The van der Waals surface area contributed by atoms with E-state index in [1.165, 1.54) is 42.1 Å². The summed E-state index contributed by atoms with van der Waals surface area (Å²) in [6.45, 7) is 0.176. The molecular weight excluding hydrogens is 429 g/mol. The second-order valence-electron chi connectivity index (χ2n) is 4.44. The minimum absolute atomic E-state index is 0.130. The summed E-state index contributed by atoms with van der Waals surface area (Å²) >= 11 is 10.0. The third-order valence-electron chi connectivity index (χ3n) is 2.78. The molecule has 0 radical (unpaired) electrons. The number of thioether (sulfide) groups is 1. The number of phenols is 1. The summed E-state index contributed by atoms with van der Waals surface area (Å²) in [4.78, 5) is 0.711. The van der Waals surface area contributed by atoms with Crippen molar-refractivity contribution in [1.29, 1.82) is 0 Å². The van der Waals surface area contributed by atoms with Crippen molar-refractivity contribution in [2.45, 2.75) is 9.79 Å². The molecule has 0 unspecified atom stereocenters. The van der Waals surface area contributed by atoms with Crippen LogP contribution in [0, 0.1) is 5.82 Å². The van der Waals surface area contributed by atoms with E-state index in [1.807, 2.05) is 0 Å². The number of benzene rings is 2. The van der Waals surface area contributed by atoms with Crippen LogP contribution in [0.5, 0.6) is 5.75 Å². The molecule has 9 heteroatoms. The summed E-state index contributed by atoms with van der Waals surface area (Å²) in [5.41, 5.74) is 0. The van der Waals surface area contributed by atoms with Gasteiger partial charge < -0.3 is 5.11 Å². The lowest BCUT2D eigenvalue weighted by Gasteiger charge is -2.08. The Bertz CT molecular complexity index is 777. The molecule has 0 heterocycles. The SMILES string of the molecule is O=S(=O)(NCCSc1cc(F)c(O)c(Br)c1)c1ccc(Cl)cc1. The Kier molecular flexibility index (Phi) is 6.33. The van der Waals surface area contributed by atoms with E-state index in [0.29, 0.717) is 15.7 Å². The Labute approximate surface area is 151 Å². The largest absolute Gasteiger partial charge is 0.504 e. The first kappa shape index (κ1) is 18.5. The fourth-order valence-corrected chi connectivity index (χ4v) is 4.37. The van der Waals surface area contributed by atoms with Gasteiger partial charge in [0.2, 0.25) is 10.0 Å². The van der Waals surface area contributed by atoms with E-state index in [9.17, 15) is 17.9 Å². The highest BCUT2D eigenvalue weighted by Gasteiger charge is 2.13. The maximum Gasteiger partial charge on any atom is 0.240 e. The molecule has 0 atom stereocenters. The zero-order valence-corrected chi connectivity index (χ0v) is 15.6. The highest BCUT2D eigenvalue weighted by atomic mass is 79.9. The van der Waals surface area contributed by atoms with Gasteiger partial charge in [-0.15, -0.1) is 11.8 Å². The van der Waals surface area contributed by atoms with Gasteiger partial charge in [-0.1, -0.05) is 11.6 Å². The normalized spacial score (nSPS) is 11.6. The molecule has 0 amide bonds. The van der Waals surface area contributed by atoms with Crippen LogP contribution in [0.2, 0.25) is 5.02 Å². The van der Waals surface area contributed by atoms with Gasteiger partial charge in [0.25, 0.3) is 0 Å². The van der Waals surface area contributed by atoms with E-state index < -0.39 is 21.6 Å². The third-order valence-corrected chi connectivity index (χ3v) is 6.09. The van der Waals surface area contributed by atoms with Crippen molar-refractivity contribution >= 4 is 49.3 Å². The molecule has 0 aromatic heterocycles. The van der Waals surface area contributed by atoms with E-state index in [-0.39, 0.29) is 15.9 Å². The number of aromatic hydroxyl groups is 1. The third kappa shape index (κ3) is 5.09. The van der Waals surface area contributed by atoms with Crippen molar-refractivity contribution in [3.05, 3.63) is 51.7 Å². The van der Waals surface area contributed by atoms with E-state index in [2.05, 4.69) is 20.7 Å². The fourth-order valence-electron chi connectivity index (χ4n) is 1.67. The molecule has 23 heavy (non-hydrogen) atoms. The zero-order valence-electron chi connectivity index (χ0n) is 11.6. The Balaban J connectivity index is 1.91. The lowest BCUT2D eigenvalue weighted by molar-refractivity contribution is 0.428. The van der Waals surface area contributed by atoms with Crippen molar-refractivity contribution in [1.82, 2.24) is 4.72 Å². The second kappa shape index (κ2) is 7.85. The van der Waals surface area contributed by atoms with Crippen LogP contribution >= 0.6 is 39.3 Å². The van der Waals surface area contributed by atoms with E-state index in [4.69, 9.17) is 11.6 Å². The molecule has 124 valence electrons. The monoisotopic (exact) mass is 439 g/mol. The van der Waals surface area contributed by atoms with Gasteiger partial charge in [-0.25, -0.2) is 17.5 Å². The topological polar surface area (TPSA) is 66.4 Å². The first-order chi connectivity index (χ1) is 10.8. The van der Waals surface area contributed by atoms with Crippen molar-refractivity contribution in [2.75, 3.05) is 12.3 Å². The number of hydrogen-bond acceptors (Lipinski definition) is 4. The quantitative estimate of drug-likeness (QED) is 0.526. The molecule has 2 aromatic carbocycles. The number of rotatable bonds is 6. The highest BCUT2D eigenvalue weighted by Crippen LogP contribution is 2.32.